The number of para-hydroxylation sites is 1. The molecule has 6 heteroatoms. The average molecular weight is 344 g/mol. The van der Waals surface area contributed by atoms with Crippen LogP contribution in [0.2, 0.25) is 5.02 Å². The summed E-state index contributed by atoms with van der Waals surface area (Å²) in [5.74, 6) is -0.656. The highest BCUT2D eigenvalue weighted by Gasteiger charge is 2.12. The second-order valence-corrected chi connectivity index (χ2v) is 5.63. The molecule has 3 aromatic rings. The first-order valence-corrected chi connectivity index (χ1v) is 7.64. The van der Waals surface area contributed by atoms with Crippen LogP contribution in [0, 0.1) is 0 Å². The van der Waals surface area contributed by atoms with Gasteiger partial charge in [0, 0.05) is 22.0 Å². The third-order valence-electron chi connectivity index (χ3n) is 3.61. The van der Waals surface area contributed by atoms with Gasteiger partial charge in [0.1, 0.15) is 18.9 Å². The molecule has 1 aromatic heterocycles. The van der Waals surface area contributed by atoms with Crippen LogP contribution in [0.25, 0.3) is 10.9 Å². The zero-order valence-electron chi connectivity index (χ0n) is 12.6. The third-order valence-corrected chi connectivity index (χ3v) is 3.97. The Morgan fingerprint density at radius 3 is 2.62 bits per heavy atom. The largest absolute Gasteiger partial charge is 0.487 e. The molecule has 24 heavy (non-hydrogen) atoms. The van der Waals surface area contributed by atoms with E-state index in [2.05, 4.69) is 0 Å². The number of rotatable bonds is 5. The van der Waals surface area contributed by atoms with Crippen molar-refractivity contribution in [3.63, 3.8) is 0 Å². The van der Waals surface area contributed by atoms with E-state index < -0.39 is 18.1 Å². The molecule has 0 saturated heterocycles. The topological polar surface area (TPSA) is 68.5 Å². The highest BCUT2D eigenvalue weighted by molar-refractivity contribution is 6.31. The van der Waals surface area contributed by atoms with Crippen molar-refractivity contribution in [3.8, 4) is 5.75 Å². The molecule has 1 N–H and O–H groups in total. The maximum Gasteiger partial charge on any atom is 0.323 e. The number of ether oxygens (including phenoxy) is 1. The Hall–Kier alpha value is -2.79. The molecule has 3 rings (SSSR count). The molecule has 0 atom stereocenters. The smallest absolute Gasteiger partial charge is 0.323 e. The maximum absolute atomic E-state index is 12.1. The molecule has 2 aromatic carbocycles. The van der Waals surface area contributed by atoms with Crippen LogP contribution in [0.4, 0.5) is 0 Å². The molecule has 1 heterocycles. The molecule has 5 nitrogen and oxygen atoms in total. The van der Waals surface area contributed by atoms with Crippen molar-refractivity contribution in [2.45, 2.75) is 13.2 Å². The van der Waals surface area contributed by atoms with Gasteiger partial charge in [-0.25, -0.2) is 0 Å². The number of hydrogen-bond acceptors (Lipinski definition) is 3. The second-order valence-electron chi connectivity index (χ2n) is 5.23. The molecule has 0 aliphatic carbocycles. The van der Waals surface area contributed by atoms with Gasteiger partial charge in [0.05, 0.1) is 5.52 Å². The Morgan fingerprint density at radius 1 is 1.08 bits per heavy atom. The minimum absolute atomic E-state index is 0.217. The highest BCUT2D eigenvalue weighted by Crippen LogP contribution is 2.26. The van der Waals surface area contributed by atoms with Gasteiger partial charge in [-0.15, -0.1) is 0 Å². The zero-order chi connectivity index (χ0) is 17.1. The van der Waals surface area contributed by atoms with Gasteiger partial charge in [0.25, 0.3) is 5.56 Å². The monoisotopic (exact) mass is 343 g/mol. The van der Waals surface area contributed by atoms with Crippen LogP contribution in [0.5, 0.6) is 5.75 Å². The molecule has 0 amide bonds. The van der Waals surface area contributed by atoms with Gasteiger partial charge in [-0.3, -0.25) is 14.2 Å². The molecule has 0 radical (unpaired) electrons. The van der Waals surface area contributed by atoms with Gasteiger partial charge in [-0.05, 0) is 18.2 Å². The lowest BCUT2D eigenvalue weighted by molar-refractivity contribution is -0.137. The Kier molecular flexibility index (Phi) is 4.53. The summed E-state index contributed by atoms with van der Waals surface area (Å²) in [6.07, 6.45) is 0. The number of benzene rings is 2. The predicted molar refractivity (Wildman–Crippen MR) is 91.6 cm³/mol. The van der Waals surface area contributed by atoms with E-state index in [0.29, 0.717) is 16.3 Å². The lowest BCUT2D eigenvalue weighted by atomic mass is 10.2. The fraction of sp³-hybridized carbons (Fsp3) is 0.111. The van der Waals surface area contributed by atoms with Crippen molar-refractivity contribution in [1.29, 1.82) is 0 Å². The van der Waals surface area contributed by atoms with Crippen molar-refractivity contribution in [2.24, 2.45) is 0 Å². The Balaban J connectivity index is 2.04. The molecule has 0 spiro atoms. The normalized spacial score (nSPS) is 10.7. The summed E-state index contributed by atoms with van der Waals surface area (Å²) in [4.78, 5) is 23.2. The molecule has 0 saturated carbocycles. The van der Waals surface area contributed by atoms with Crippen molar-refractivity contribution in [3.05, 3.63) is 75.5 Å². The van der Waals surface area contributed by atoms with E-state index in [-0.39, 0.29) is 6.61 Å². The van der Waals surface area contributed by atoms with Gasteiger partial charge < -0.3 is 9.84 Å². The molecule has 0 fully saturated rings. The molecule has 0 aliphatic heterocycles. The number of carboxylic acid groups (broad SMARTS) is 1. The lowest BCUT2D eigenvalue weighted by Crippen LogP contribution is -2.23. The second kappa shape index (κ2) is 6.76. The van der Waals surface area contributed by atoms with Crippen LogP contribution < -0.4 is 10.3 Å². The molecule has 0 unspecified atom stereocenters. The number of halogens is 1. The maximum atomic E-state index is 12.1. The summed E-state index contributed by atoms with van der Waals surface area (Å²) in [6.45, 7) is -0.211. The molecular weight excluding hydrogens is 330 g/mol. The number of pyridine rings is 1. The van der Waals surface area contributed by atoms with Gasteiger partial charge in [-0.1, -0.05) is 41.9 Å². The van der Waals surface area contributed by atoms with E-state index >= 15 is 0 Å². The molecule has 0 bridgehead atoms. The number of hydrogen-bond donors (Lipinski definition) is 1. The first kappa shape index (κ1) is 16.1. The van der Waals surface area contributed by atoms with Crippen molar-refractivity contribution < 1.29 is 14.6 Å². The summed E-state index contributed by atoms with van der Waals surface area (Å²) >= 11 is 6.12. The standard InChI is InChI=1S/C18H14ClNO4/c19-14-6-2-1-4-13(14)11-24-15-7-3-5-12-8-9-16(21)20(18(12)15)10-17(22)23/h1-9H,10-11H2,(H,22,23). The van der Waals surface area contributed by atoms with Crippen LogP contribution in [0.1, 0.15) is 5.56 Å². The van der Waals surface area contributed by atoms with E-state index in [0.717, 1.165) is 10.9 Å². The third kappa shape index (κ3) is 3.26. The molecular formula is C18H14ClNO4. The summed E-state index contributed by atoms with van der Waals surface area (Å²) in [6, 6.07) is 15.6. The van der Waals surface area contributed by atoms with E-state index in [1.807, 2.05) is 18.2 Å². The summed E-state index contributed by atoms with van der Waals surface area (Å²) < 4.78 is 7.02. The van der Waals surface area contributed by atoms with E-state index in [9.17, 15) is 9.59 Å². The van der Waals surface area contributed by atoms with Gasteiger partial charge in [0.2, 0.25) is 0 Å². The van der Waals surface area contributed by atoms with Gasteiger partial charge in [-0.2, -0.15) is 0 Å². The fourth-order valence-corrected chi connectivity index (χ4v) is 2.69. The van der Waals surface area contributed by atoms with Crippen molar-refractivity contribution in [1.82, 2.24) is 4.57 Å². The van der Waals surface area contributed by atoms with E-state index in [1.165, 1.54) is 10.6 Å². The number of aliphatic carboxylic acids is 1. The Labute approximate surface area is 142 Å². The average Bonchev–Trinajstić information content (AvgIpc) is 2.56. The van der Waals surface area contributed by atoms with Crippen LogP contribution in [-0.4, -0.2) is 15.6 Å². The Bertz CT molecular complexity index is 965. The number of nitrogens with zero attached hydrogens (tertiary/aromatic N) is 1. The van der Waals surface area contributed by atoms with Crippen molar-refractivity contribution >= 4 is 28.5 Å². The number of carboxylic acids is 1. The van der Waals surface area contributed by atoms with Crippen LogP contribution in [0.15, 0.2) is 59.4 Å². The van der Waals surface area contributed by atoms with Crippen molar-refractivity contribution in [2.75, 3.05) is 0 Å². The Morgan fingerprint density at radius 2 is 1.88 bits per heavy atom. The first-order valence-electron chi connectivity index (χ1n) is 7.27. The summed E-state index contributed by atoms with van der Waals surface area (Å²) in [5.41, 5.74) is 0.873. The molecule has 122 valence electrons. The zero-order valence-corrected chi connectivity index (χ0v) is 13.4. The predicted octanol–water partition coefficient (Wildman–Crippen LogP) is 3.32. The minimum Gasteiger partial charge on any atom is -0.487 e. The molecule has 0 aliphatic rings. The first-order chi connectivity index (χ1) is 11.6. The van der Waals surface area contributed by atoms with Gasteiger partial charge >= 0.3 is 5.97 Å². The van der Waals surface area contributed by atoms with E-state index in [4.69, 9.17) is 21.4 Å². The number of carbonyl (C=O) groups is 1. The summed E-state index contributed by atoms with van der Waals surface area (Å²) in [7, 11) is 0. The minimum atomic E-state index is -1.09. The number of fused-ring (bicyclic) bond motifs is 1. The van der Waals surface area contributed by atoms with Crippen LogP contribution in [-0.2, 0) is 17.9 Å². The quantitative estimate of drug-likeness (QED) is 0.771. The SMILES string of the molecule is O=C(O)Cn1c(=O)ccc2cccc(OCc3ccccc3Cl)c21. The lowest BCUT2D eigenvalue weighted by Gasteiger charge is -2.14. The van der Waals surface area contributed by atoms with E-state index in [1.54, 1.807) is 30.3 Å². The fourth-order valence-electron chi connectivity index (χ4n) is 2.50. The summed E-state index contributed by atoms with van der Waals surface area (Å²) in [5, 5.41) is 10.4. The van der Waals surface area contributed by atoms with Gasteiger partial charge in [0.15, 0.2) is 0 Å². The van der Waals surface area contributed by atoms with Crippen LogP contribution in [0.3, 0.4) is 0 Å². The van der Waals surface area contributed by atoms with Crippen LogP contribution >= 0.6 is 11.6 Å². The number of aromatic nitrogens is 1. The highest BCUT2D eigenvalue weighted by atomic mass is 35.5.